The summed E-state index contributed by atoms with van der Waals surface area (Å²) in [4.78, 5) is 38.2. The third kappa shape index (κ3) is 54.1. The number of esters is 3. The first-order chi connectivity index (χ1) is 33.5. The van der Waals surface area contributed by atoms with E-state index in [0.717, 1.165) is 103 Å². The number of hydrogen-bond acceptors (Lipinski definition) is 6. The normalized spacial score (nSPS) is 12.5. The van der Waals surface area contributed by atoms with Crippen molar-refractivity contribution in [3.05, 3.63) is 60.8 Å². The summed E-state index contributed by atoms with van der Waals surface area (Å²) in [5.41, 5.74) is 0. The Kier molecular flexibility index (Phi) is 54.3. The van der Waals surface area contributed by atoms with Crippen LogP contribution in [-0.2, 0) is 28.6 Å². The number of rotatable bonds is 53. The number of allylic oxidation sites excluding steroid dienone is 10. The van der Waals surface area contributed by atoms with Crippen LogP contribution in [0.1, 0.15) is 297 Å². The lowest BCUT2D eigenvalue weighted by atomic mass is 10.0. The molecule has 0 bridgehead atoms. The van der Waals surface area contributed by atoms with Crippen molar-refractivity contribution in [3.63, 3.8) is 0 Å². The molecule has 1 unspecified atom stereocenters. The Morgan fingerprint density at radius 2 is 0.574 bits per heavy atom. The molecule has 0 saturated carbocycles. The molecule has 6 nitrogen and oxygen atoms in total. The Balaban J connectivity index is 4.37. The predicted molar refractivity (Wildman–Crippen MR) is 293 cm³/mol. The molecule has 394 valence electrons. The Morgan fingerprint density at radius 1 is 0.309 bits per heavy atom. The average molecular weight is 952 g/mol. The molecule has 0 aromatic carbocycles. The van der Waals surface area contributed by atoms with E-state index in [9.17, 15) is 14.4 Å². The van der Waals surface area contributed by atoms with Crippen molar-refractivity contribution in [3.8, 4) is 0 Å². The fraction of sp³-hybridized carbons (Fsp3) is 0.790. The molecular formula is C62H110O6. The summed E-state index contributed by atoms with van der Waals surface area (Å²) in [6.45, 7) is 6.51. The number of carbonyl (C=O) groups is 3. The zero-order valence-electron chi connectivity index (χ0n) is 45.1. The van der Waals surface area contributed by atoms with E-state index < -0.39 is 6.10 Å². The minimum atomic E-state index is -0.789. The monoisotopic (exact) mass is 951 g/mol. The second-order valence-electron chi connectivity index (χ2n) is 19.6. The third-order valence-corrected chi connectivity index (χ3v) is 12.8. The van der Waals surface area contributed by atoms with E-state index in [2.05, 4.69) is 81.5 Å². The topological polar surface area (TPSA) is 78.9 Å². The second kappa shape index (κ2) is 56.7. The number of ether oxygens (including phenoxy) is 3. The maximum absolute atomic E-state index is 12.9. The highest BCUT2D eigenvalue weighted by Gasteiger charge is 2.19. The van der Waals surface area contributed by atoms with Crippen LogP contribution in [0.25, 0.3) is 0 Å². The summed E-state index contributed by atoms with van der Waals surface area (Å²) in [7, 11) is 0. The molecule has 0 aliphatic rings. The van der Waals surface area contributed by atoms with Crippen LogP contribution >= 0.6 is 0 Å². The first kappa shape index (κ1) is 65.1. The van der Waals surface area contributed by atoms with Gasteiger partial charge in [-0.1, -0.05) is 274 Å². The molecule has 0 saturated heterocycles. The lowest BCUT2D eigenvalue weighted by molar-refractivity contribution is -0.167. The van der Waals surface area contributed by atoms with Gasteiger partial charge in [0.1, 0.15) is 13.2 Å². The van der Waals surface area contributed by atoms with Gasteiger partial charge in [0, 0.05) is 19.3 Å². The molecule has 0 aromatic heterocycles. The largest absolute Gasteiger partial charge is 0.462 e. The van der Waals surface area contributed by atoms with E-state index in [0.29, 0.717) is 19.3 Å². The maximum atomic E-state index is 12.9. The van der Waals surface area contributed by atoms with E-state index in [-0.39, 0.29) is 31.1 Å². The minimum Gasteiger partial charge on any atom is -0.462 e. The molecule has 68 heavy (non-hydrogen) atoms. The van der Waals surface area contributed by atoms with Crippen LogP contribution in [-0.4, -0.2) is 37.2 Å². The minimum absolute atomic E-state index is 0.0848. The van der Waals surface area contributed by atoms with Crippen LogP contribution in [0, 0.1) is 0 Å². The van der Waals surface area contributed by atoms with Gasteiger partial charge in [-0.25, -0.2) is 0 Å². The molecule has 0 aliphatic carbocycles. The SMILES string of the molecule is CC/C=C/C=C/C=C/CCCCCCCC(=O)OCC(COC(=O)CCCCCCCCCCCCCCCCCCCCC)OC(=O)CCCCCCC/C=C/C=C/CCCCCCCCC. The standard InChI is InChI=1S/C62H110O6/c1-4-7-10-13-16-19-22-25-27-29-31-33-34-37-40-43-46-49-52-55-61(64)67-58-59(57-66-60(63)54-51-48-45-42-39-36-24-21-18-15-12-9-6-3)68-62(65)56-53-50-47-44-41-38-35-32-30-28-26-23-20-17-14-11-8-5-2/h9,12,15,18,21,24,28,30,32,35,59H,4-8,10-11,13-14,16-17,19-20,22-23,25-27,29,31,33-34,36-58H2,1-3H3/b12-9+,18-15+,24-21+,30-28+,35-32+. The Labute approximate surface area is 421 Å². The van der Waals surface area contributed by atoms with Gasteiger partial charge in [-0.15, -0.1) is 0 Å². The van der Waals surface area contributed by atoms with E-state index >= 15 is 0 Å². The molecule has 6 heteroatoms. The predicted octanol–water partition coefficient (Wildman–Crippen LogP) is 19.6. The van der Waals surface area contributed by atoms with Crippen molar-refractivity contribution in [2.45, 2.75) is 303 Å². The zero-order valence-corrected chi connectivity index (χ0v) is 45.1. The van der Waals surface area contributed by atoms with Gasteiger partial charge in [-0.3, -0.25) is 14.4 Å². The van der Waals surface area contributed by atoms with Crippen LogP contribution < -0.4 is 0 Å². The number of hydrogen-bond donors (Lipinski definition) is 0. The summed E-state index contributed by atoms with van der Waals surface area (Å²) < 4.78 is 16.9. The molecule has 0 rings (SSSR count). The lowest BCUT2D eigenvalue weighted by Gasteiger charge is -2.18. The lowest BCUT2D eigenvalue weighted by Crippen LogP contribution is -2.30. The first-order valence-corrected chi connectivity index (χ1v) is 29.3. The van der Waals surface area contributed by atoms with Crippen LogP contribution in [0.3, 0.4) is 0 Å². The average Bonchev–Trinajstić information content (AvgIpc) is 3.34. The third-order valence-electron chi connectivity index (χ3n) is 12.8. The summed E-state index contributed by atoms with van der Waals surface area (Å²) in [6.07, 6.45) is 70.7. The fourth-order valence-corrected chi connectivity index (χ4v) is 8.44. The van der Waals surface area contributed by atoms with Gasteiger partial charge in [0.15, 0.2) is 6.10 Å². The van der Waals surface area contributed by atoms with Gasteiger partial charge < -0.3 is 14.2 Å². The van der Waals surface area contributed by atoms with E-state index in [1.54, 1.807) is 0 Å². The van der Waals surface area contributed by atoms with Crippen LogP contribution in [0.5, 0.6) is 0 Å². The molecule has 0 N–H and O–H groups in total. The summed E-state index contributed by atoms with van der Waals surface area (Å²) in [6, 6.07) is 0. The smallest absolute Gasteiger partial charge is 0.306 e. The van der Waals surface area contributed by atoms with Crippen LogP contribution in [0.15, 0.2) is 60.8 Å². The Hall–Kier alpha value is -2.89. The van der Waals surface area contributed by atoms with Crippen LogP contribution in [0.2, 0.25) is 0 Å². The first-order valence-electron chi connectivity index (χ1n) is 29.3. The molecule has 0 spiro atoms. The molecule has 1 atom stereocenters. The summed E-state index contributed by atoms with van der Waals surface area (Å²) >= 11 is 0. The molecule has 0 aliphatic heterocycles. The van der Waals surface area contributed by atoms with E-state index in [1.807, 2.05) is 0 Å². The van der Waals surface area contributed by atoms with Crippen molar-refractivity contribution in [2.75, 3.05) is 13.2 Å². The van der Waals surface area contributed by atoms with Gasteiger partial charge in [0.05, 0.1) is 0 Å². The van der Waals surface area contributed by atoms with Crippen molar-refractivity contribution < 1.29 is 28.6 Å². The Morgan fingerprint density at radius 3 is 0.897 bits per heavy atom. The highest BCUT2D eigenvalue weighted by Crippen LogP contribution is 2.16. The zero-order chi connectivity index (χ0) is 49.3. The van der Waals surface area contributed by atoms with Gasteiger partial charge in [-0.2, -0.15) is 0 Å². The fourth-order valence-electron chi connectivity index (χ4n) is 8.44. The van der Waals surface area contributed by atoms with E-state index in [4.69, 9.17) is 14.2 Å². The highest BCUT2D eigenvalue weighted by molar-refractivity contribution is 5.71. The second-order valence-corrected chi connectivity index (χ2v) is 19.6. The maximum Gasteiger partial charge on any atom is 0.306 e. The molecule has 0 heterocycles. The summed E-state index contributed by atoms with van der Waals surface area (Å²) in [5, 5.41) is 0. The van der Waals surface area contributed by atoms with E-state index in [1.165, 1.54) is 154 Å². The van der Waals surface area contributed by atoms with Crippen LogP contribution in [0.4, 0.5) is 0 Å². The molecule has 0 amide bonds. The molecule has 0 fully saturated rings. The molecular weight excluding hydrogens is 841 g/mol. The van der Waals surface area contributed by atoms with Gasteiger partial charge >= 0.3 is 17.9 Å². The van der Waals surface area contributed by atoms with Crippen molar-refractivity contribution >= 4 is 17.9 Å². The highest BCUT2D eigenvalue weighted by atomic mass is 16.6. The van der Waals surface area contributed by atoms with Gasteiger partial charge in [-0.05, 0) is 64.2 Å². The quantitative estimate of drug-likeness (QED) is 0.0262. The van der Waals surface area contributed by atoms with Crippen molar-refractivity contribution in [1.29, 1.82) is 0 Å². The van der Waals surface area contributed by atoms with Gasteiger partial charge in [0.2, 0.25) is 0 Å². The van der Waals surface area contributed by atoms with Gasteiger partial charge in [0.25, 0.3) is 0 Å². The molecule has 0 radical (unpaired) electrons. The molecule has 0 aromatic rings. The number of unbranched alkanes of at least 4 members (excludes halogenated alkanes) is 35. The number of carbonyl (C=O) groups excluding carboxylic acids is 3. The Bertz CT molecular complexity index is 1230. The van der Waals surface area contributed by atoms with Crippen molar-refractivity contribution in [2.24, 2.45) is 0 Å². The summed E-state index contributed by atoms with van der Waals surface area (Å²) in [5.74, 6) is -0.909. The van der Waals surface area contributed by atoms with Crippen molar-refractivity contribution in [1.82, 2.24) is 0 Å².